The number of likely N-dealkylation sites (tertiary alicyclic amines) is 1. The molecule has 110 valence electrons. The minimum Gasteiger partial charge on any atom is -0.335 e. The van der Waals surface area contributed by atoms with Crippen LogP contribution in [0.4, 0.5) is 13.2 Å². The summed E-state index contributed by atoms with van der Waals surface area (Å²) in [5.74, 6) is -1.38. The third-order valence-electron chi connectivity index (χ3n) is 3.60. The van der Waals surface area contributed by atoms with Crippen molar-refractivity contribution in [3.05, 3.63) is 29.8 Å². The summed E-state index contributed by atoms with van der Waals surface area (Å²) in [5, 5.41) is 0. The second kappa shape index (κ2) is 6.08. The van der Waals surface area contributed by atoms with Gasteiger partial charge in [0.05, 0.1) is 0 Å². The van der Waals surface area contributed by atoms with Gasteiger partial charge in [-0.2, -0.15) is 13.2 Å². The molecule has 0 spiro atoms. The highest BCUT2D eigenvalue weighted by molar-refractivity contribution is 7.80. The van der Waals surface area contributed by atoms with Gasteiger partial charge in [0.25, 0.3) is 0 Å². The Balaban J connectivity index is 1.85. The molecule has 1 amide bonds. The second-order valence-corrected chi connectivity index (χ2v) is 5.62. The molecule has 0 aliphatic carbocycles. The van der Waals surface area contributed by atoms with Crippen molar-refractivity contribution in [1.82, 2.24) is 4.90 Å². The van der Waals surface area contributed by atoms with Crippen LogP contribution in [0, 0.1) is 5.92 Å². The average Bonchev–Trinajstić information content (AvgIpc) is 2.40. The van der Waals surface area contributed by atoms with Gasteiger partial charge in [-0.05, 0) is 42.9 Å². The van der Waals surface area contributed by atoms with E-state index in [-0.39, 0.29) is 13.1 Å². The van der Waals surface area contributed by atoms with Gasteiger partial charge in [0.15, 0.2) is 0 Å². The van der Waals surface area contributed by atoms with Gasteiger partial charge in [0.2, 0.25) is 0 Å². The van der Waals surface area contributed by atoms with Crippen molar-refractivity contribution in [2.24, 2.45) is 5.92 Å². The van der Waals surface area contributed by atoms with Crippen LogP contribution in [-0.4, -0.2) is 30.1 Å². The molecule has 0 atom stereocenters. The molecule has 1 saturated heterocycles. The molecule has 0 bridgehead atoms. The molecule has 1 fully saturated rings. The summed E-state index contributed by atoms with van der Waals surface area (Å²) >= 11 is 4.21. The molecule has 0 saturated carbocycles. The van der Waals surface area contributed by atoms with E-state index in [1.54, 1.807) is 0 Å². The molecule has 1 heterocycles. The van der Waals surface area contributed by atoms with Crippen molar-refractivity contribution in [2.75, 3.05) is 13.1 Å². The fourth-order valence-electron chi connectivity index (χ4n) is 2.48. The lowest BCUT2D eigenvalue weighted by atomic mass is 9.90. The number of alkyl halides is 3. The Bertz CT molecular complexity index is 464. The molecule has 0 aromatic heterocycles. The lowest BCUT2D eigenvalue weighted by Gasteiger charge is -2.32. The molecule has 6 heteroatoms. The maximum absolute atomic E-state index is 12.3. The number of piperidine rings is 1. The summed E-state index contributed by atoms with van der Waals surface area (Å²) in [4.78, 5) is 12.9. The Morgan fingerprint density at radius 1 is 1.20 bits per heavy atom. The van der Waals surface area contributed by atoms with Gasteiger partial charge in [-0.25, -0.2) is 0 Å². The molecule has 2 nitrogen and oxygen atoms in total. The van der Waals surface area contributed by atoms with Gasteiger partial charge in [-0.1, -0.05) is 12.1 Å². The summed E-state index contributed by atoms with van der Waals surface area (Å²) in [7, 11) is 0. The maximum atomic E-state index is 12.3. The van der Waals surface area contributed by atoms with Gasteiger partial charge in [0, 0.05) is 18.0 Å². The third kappa shape index (κ3) is 3.91. The van der Waals surface area contributed by atoms with Gasteiger partial charge in [-0.15, -0.1) is 12.6 Å². The first-order chi connectivity index (χ1) is 9.36. The maximum Gasteiger partial charge on any atom is 0.471 e. The van der Waals surface area contributed by atoms with Crippen LogP contribution in [0.1, 0.15) is 18.4 Å². The fourth-order valence-corrected chi connectivity index (χ4v) is 2.63. The lowest BCUT2D eigenvalue weighted by Crippen LogP contribution is -2.45. The van der Waals surface area contributed by atoms with Crippen LogP contribution in [0.3, 0.4) is 0 Å². The zero-order valence-electron chi connectivity index (χ0n) is 10.9. The predicted molar refractivity (Wildman–Crippen MR) is 72.8 cm³/mol. The van der Waals surface area contributed by atoms with Crippen LogP contribution in [0.25, 0.3) is 0 Å². The molecule has 0 radical (unpaired) electrons. The molecule has 1 aromatic carbocycles. The van der Waals surface area contributed by atoms with E-state index in [1.165, 1.54) is 0 Å². The molecular weight excluding hydrogens is 287 g/mol. The molecular formula is C14H16F3NOS. The number of thiol groups is 1. The van der Waals surface area contributed by atoms with Crippen LogP contribution in [0.5, 0.6) is 0 Å². The Morgan fingerprint density at radius 2 is 1.75 bits per heavy atom. The second-order valence-electron chi connectivity index (χ2n) is 5.10. The highest BCUT2D eigenvalue weighted by Crippen LogP contribution is 2.26. The fraction of sp³-hybridized carbons (Fsp3) is 0.500. The van der Waals surface area contributed by atoms with E-state index < -0.39 is 12.1 Å². The third-order valence-corrected chi connectivity index (χ3v) is 3.90. The van der Waals surface area contributed by atoms with Crippen molar-refractivity contribution in [3.63, 3.8) is 0 Å². The molecule has 1 aliphatic heterocycles. The predicted octanol–water partition coefficient (Wildman–Crippen LogP) is 3.32. The monoisotopic (exact) mass is 303 g/mol. The van der Waals surface area contributed by atoms with E-state index in [9.17, 15) is 18.0 Å². The molecule has 0 unspecified atom stereocenters. The van der Waals surface area contributed by atoms with Gasteiger partial charge >= 0.3 is 12.1 Å². The Kier molecular flexibility index (Phi) is 4.62. The van der Waals surface area contributed by atoms with Crippen molar-refractivity contribution < 1.29 is 18.0 Å². The number of hydrogen-bond acceptors (Lipinski definition) is 2. The van der Waals surface area contributed by atoms with Crippen LogP contribution in [0.15, 0.2) is 29.2 Å². The number of carbonyl (C=O) groups excluding carboxylic acids is 1. The summed E-state index contributed by atoms with van der Waals surface area (Å²) in [6.45, 7) is 0.376. The quantitative estimate of drug-likeness (QED) is 0.831. The van der Waals surface area contributed by atoms with Gasteiger partial charge in [0.1, 0.15) is 0 Å². The highest BCUT2D eigenvalue weighted by Gasteiger charge is 2.43. The van der Waals surface area contributed by atoms with Crippen molar-refractivity contribution in [3.8, 4) is 0 Å². The highest BCUT2D eigenvalue weighted by atomic mass is 32.1. The SMILES string of the molecule is O=C(N1CCC(Cc2ccc(S)cc2)CC1)C(F)(F)F. The van der Waals surface area contributed by atoms with Crippen LogP contribution in [0.2, 0.25) is 0 Å². The largest absolute Gasteiger partial charge is 0.471 e. The van der Waals surface area contributed by atoms with E-state index in [4.69, 9.17) is 0 Å². The van der Waals surface area contributed by atoms with Crippen molar-refractivity contribution >= 4 is 18.5 Å². The van der Waals surface area contributed by atoms with E-state index in [0.29, 0.717) is 18.8 Å². The number of amides is 1. The van der Waals surface area contributed by atoms with E-state index in [1.807, 2.05) is 24.3 Å². The standard InChI is InChI=1S/C14H16F3NOS/c15-14(16,17)13(19)18-7-5-11(6-8-18)9-10-1-3-12(20)4-2-10/h1-4,11,20H,5-9H2. The summed E-state index contributed by atoms with van der Waals surface area (Å²) in [5.41, 5.74) is 1.16. The summed E-state index contributed by atoms with van der Waals surface area (Å²) in [6, 6.07) is 7.77. The number of halogens is 3. The molecule has 1 aromatic rings. The van der Waals surface area contributed by atoms with Crippen LogP contribution in [-0.2, 0) is 11.2 Å². The van der Waals surface area contributed by atoms with Gasteiger partial charge in [-0.3, -0.25) is 4.79 Å². The Labute approximate surface area is 121 Å². The number of benzene rings is 1. The molecule has 0 N–H and O–H groups in total. The van der Waals surface area contributed by atoms with Crippen LogP contribution < -0.4 is 0 Å². The molecule has 20 heavy (non-hydrogen) atoms. The minimum atomic E-state index is -4.75. The Morgan fingerprint density at radius 3 is 2.25 bits per heavy atom. The van der Waals surface area contributed by atoms with Crippen LogP contribution >= 0.6 is 12.6 Å². The lowest BCUT2D eigenvalue weighted by molar-refractivity contribution is -0.186. The number of hydrogen-bond donors (Lipinski definition) is 1. The smallest absolute Gasteiger partial charge is 0.335 e. The average molecular weight is 303 g/mol. The zero-order chi connectivity index (χ0) is 14.8. The number of rotatable bonds is 2. The van der Waals surface area contributed by atoms with E-state index in [0.717, 1.165) is 21.8 Å². The first kappa shape index (κ1) is 15.2. The molecule has 1 aliphatic rings. The van der Waals surface area contributed by atoms with E-state index in [2.05, 4.69) is 12.6 Å². The first-order valence-electron chi connectivity index (χ1n) is 6.50. The number of nitrogens with zero attached hydrogens (tertiary/aromatic N) is 1. The minimum absolute atomic E-state index is 0.188. The zero-order valence-corrected chi connectivity index (χ0v) is 11.8. The normalized spacial score (nSPS) is 17.3. The summed E-state index contributed by atoms with van der Waals surface area (Å²) in [6.07, 6.45) is -2.69. The van der Waals surface area contributed by atoms with Gasteiger partial charge < -0.3 is 4.90 Å². The van der Waals surface area contributed by atoms with Crippen molar-refractivity contribution in [2.45, 2.75) is 30.3 Å². The molecule has 2 rings (SSSR count). The van der Waals surface area contributed by atoms with Crippen molar-refractivity contribution in [1.29, 1.82) is 0 Å². The summed E-state index contributed by atoms with van der Waals surface area (Å²) < 4.78 is 37.0. The first-order valence-corrected chi connectivity index (χ1v) is 6.95. The Hall–Kier alpha value is -1.17. The van der Waals surface area contributed by atoms with E-state index >= 15 is 0 Å². The topological polar surface area (TPSA) is 20.3 Å². The number of carbonyl (C=O) groups is 1.